The van der Waals surface area contributed by atoms with E-state index in [0.29, 0.717) is 6.04 Å². The van der Waals surface area contributed by atoms with Crippen molar-refractivity contribution in [1.82, 2.24) is 9.55 Å². The molecule has 1 aliphatic carbocycles. The van der Waals surface area contributed by atoms with Crippen molar-refractivity contribution in [1.29, 1.82) is 0 Å². The molecule has 1 aromatic heterocycles. The fourth-order valence-corrected chi connectivity index (χ4v) is 1.52. The average molecular weight is 181 g/mol. The molecular formula is C9H15N3O. The first-order chi connectivity index (χ1) is 6.31. The van der Waals surface area contributed by atoms with Gasteiger partial charge < -0.3 is 15.4 Å². The van der Waals surface area contributed by atoms with Gasteiger partial charge in [0.15, 0.2) is 0 Å². The van der Waals surface area contributed by atoms with E-state index in [9.17, 15) is 0 Å². The van der Waals surface area contributed by atoms with Gasteiger partial charge in [0.1, 0.15) is 0 Å². The van der Waals surface area contributed by atoms with Crippen LogP contribution in [0.5, 0.6) is 0 Å². The predicted octanol–water partition coefficient (Wildman–Crippen LogP) is 0.600. The van der Waals surface area contributed by atoms with E-state index in [1.54, 1.807) is 0 Å². The molecule has 13 heavy (non-hydrogen) atoms. The second-order valence-electron chi connectivity index (χ2n) is 3.62. The van der Waals surface area contributed by atoms with Crippen LogP contribution in [0.2, 0.25) is 0 Å². The van der Waals surface area contributed by atoms with Crippen LogP contribution >= 0.6 is 0 Å². The molecule has 0 saturated heterocycles. The molecule has 0 aliphatic heterocycles. The van der Waals surface area contributed by atoms with Crippen LogP contribution in [-0.2, 0) is 0 Å². The highest BCUT2D eigenvalue weighted by molar-refractivity contribution is 5.04. The highest BCUT2D eigenvalue weighted by Gasteiger charge is 2.20. The van der Waals surface area contributed by atoms with E-state index in [4.69, 9.17) is 10.8 Å². The first kappa shape index (κ1) is 8.72. The first-order valence-electron chi connectivity index (χ1n) is 4.71. The Bertz CT molecular complexity index is 261. The Kier molecular flexibility index (Phi) is 2.33. The van der Waals surface area contributed by atoms with Gasteiger partial charge in [-0.1, -0.05) is 0 Å². The number of imidazole rings is 1. The summed E-state index contributed by atoms with van der Waals surface area (Å²) in [5.74, 6) is 0. The lowest BCUT2D eigenvalue weighted by atomic mass is 9.93. The fourth-order valence-electron chi connectivity index (χ4n) is 1.52. The van der Waals surface area contributed by atoms with Crippen LogP contribution in [-0.4, -0.2) is 21.3 Å². The Morgan fingerprint density at radius 1 is 1.69 bits per heavy atom. The van der Waals surface area contributed by atoms with Gasteiger partial charge in [-0.05, 0) is 19.3 Å². The minimum absolute atomic E-state index is 0.0400. The predicted molar refractivity (Wildman–Crippen MR) is 49.1 cm³/mol. The molecule has 2 rings (SSSR count). The molecule has 4 nitrogen and oxygen atoms in total. The van der Waals surface area contributed by atoms with Crippen molar-refractivity contribution < 1.29 is 5.11 Å². The maximum Gasteiger partial charge on any atom is 0.0952 e. The van der Waals surface area contributed by atoms with E-state index in [0.717, 1.165) is 5.69 Å². The van der Waals surface area contributed by atoms with Crippen LogP contribution in [0, 0.1) is 0 Å². The third kappa shape index (κ3) is 1.59. The van der Waals surface area contributed by atoms with E-state index < -0.39 is 0 Å². The zero-order valence-corrected chi connectivity index (χ0v) is 7.56. The normalized spacial score (nSPS) is 19.8. The van der Waals surface area contributed by atoms with Crippen molar-refractivity contribution >= 4 is 0 Å². The van der Waals surface area contributed by atoms with E-state index in [-0.39, 0.29) is 12.6 Å². The van der Waals surface area contributed by atoms with E-state index in [1.807, 2.05) is 12.5 Å². The molecule has 3 N–H and O–H groups in total. The molecule has 0 amide bonds. The van der Waals surface area contributed by atoms with Crippen LogP contribution < -0.4 is 5.73 Å². The summed E-state index contributed by atoms with van der Waals surface area (Å²) >= 11 is 0. The summed E-state index contributed by atoms with van der Waals surface area (Å²) in [6, 6.07) is 0.286. The van der Waals surface area contributed by atoms with Gasteiger partial charge in [-0.2, -0.15) is 0 Å². The molecule has 0 bridgehead atoms. The lowest BCUT2D eigenvalue weighted by Gasteiger charge is -2.26. The number of nitrogens with zero attached hydrogens (tertiary/aromatic N) is 2. The molecule has 1 heterocycles. The molecule has 72 valence electrons. The average Bonchev–Trinajstić information content (AvgIpc) is 2.49. The zero-order valence-electron chi connectivity index (χ0n) is 7.56. The molecule has 1 saturated carbocycles. The van der Waals surface area contributed by atoms with Crippen molar-refractivity contribution in [2.24, 2.45) is 5.73 Å². The van der Waals surface area contributed by atoms with Gasteiger partial charge in [0, 0.05) is 12.2 Å². The molecule has 1 fully saturated rings. The van der Waals surface area contributed by atoms with Crippen molar-refractivity contribution in [3.05, 3.63) is 18.2 Å². The van der Waals surface area contributed by atoms with Gasteiger partial charge in [0.2, 0.25) is 0 Å². The third-order valence-electron chi connectivity index (χ3n) is 2.69. The summed E-state index contributed by atoms with van der Waals surface area (Å²) in [7, 11) is 0. The Balaban J connectivity index is 2.08. The van der Waals surface area contributed by atoms with E-state index in [2.05, 4.69) is 9.55 Å². The number of hydrogen-bond acceptors (Lipinski definition) is 3. The summed E-state index contributed by atoms with van der Waals surface area (Å²) in [6.07, 6.45) is 7.55. The lowest BCUT2D eigenvalue weighted by molar-refractivity contribution is 0.265. The van der Waals surface area contributed by atoms with Crippen LogP contribution in [0.1, 0.15) is 37.0 Å². The number of aliphatic hydroxyl groups is 1. The standard InChI is InChI=1S/C9H15N3O/c10-8(5-13)9-4-12(6-11-9)7-2-1-3-7/h4,6-8,13H,1-3,5,10H2. The molecule has 1 aromatic rings. The van der Waals surface area contributed by atoms with Gasteiger partial charge in [-0.15, -0.1) is 0 Å². The Morgan fingerprint density at radius 2 is 2.46 bits per heavy atom. The topological polar surface area (TPSA) is 64.1 Å². The van der Waals surface area contributed by atoms with E-state index in [1.165, 1.54) is 19.3 Å². The van der Waals surface area contributed by atoms with E-state index >= 15 is 0 Å². The second kappa shape index (κ2) is 3.47. The van der Waals surface area contributed by atoms with Crippen LogP contribution in [0.15, 0.2) is 12.5 Å². The van der Waals surface area contributed by atoms with Gasteiger partial charge in [-0.3, -0.25) is 0 Å². The number of nitrogens with two attached hydrogens (primary N) is 1. The molecule has 1 unspecified atom stereocenters. The Morgan fingerprint density at radius 3 is 3.00 bits per heavy atom. The number of aromatic nitrogens is 2. The van der Waals surface area contributed by atoms with Gasteiger partial charge in [0.25, 0.3) is 0 Å². The first-order valence-corrected chi connectivity index (χ1v) is 4.71. The monoisotopic (exact) mass is 181 g/mol. The minimum Gasteiger partial charge on any atom is -0.394 e. The summed E-state index contributed by atoms with van der Waals surface area (Å²) in [5.41, 5.74) is 6.43. The summed E-state index contributed by atoms with van der Waals surface area (Å²) in [5, 5.41) is 8.83. The van der Waals surface area contributed by atoms with Crippen LogP contribution in [0.4, 0.5) is 0 Å². The zero-order chi connectivity index (χ0) is 9.26. The number of rotatable bonds is 3. The highest BCUT2D eigenvalue weighted by Crippen LogP contribution is 2.31. The minimum atomic E-state index is -0.332. The molecule has 4 heteroatoms. The SMILES string of the molecule is NC(CO)c1cn(C2CCC2)cn1. The van der Waals surface area contributed by atoms with Crippen LogP contribution in [0.3, 0.4) is 0 Å². The maximum atomic E-state index is 8.83. The number of aliphatic hydroxyl groups excluding tert-OH is 1. The summed E-state index contributed by atoms with van der Waals surface area (Å²) in [6.45, 7) is -0.0400. The Hall–Kier alpha value is -0.870. The fraction of sp³-hybridized carbons (Fsp3) is 0.667. The van der Waals surface area contributed by atoms with Crippen molar-refractivity contribution in [3.63, 3.8) is 0 Å². The van der Waals surface area contributed by atoms with Crippen molar-refractivity contribution in [2.75, 3.05) is 6.61 Å². The van der Waals surface area contributed by atoms with Gasteiger partial charge in [-0.25, -0.2) is 4.98 Å². The quantitative estimate of drug-likeness (QED) is 0.717. The van der Waals surface area contributed by atoms with Crippen LogP contribution in [0.25, 0.3) is 0 Å². The third-order valence-corrected chi connectivity index (χ3v) is 2.69. The van der Waals surface area contributed by atoms with Crippen molar-refractivity contribution in [2.45, 2.75) is 31.3 Å². The van der Waals surface area contributed by atoms with Gasteiger partial charge >= 0.3 is 0 Å². The summed E-state index contributed by atoms with van der Waals surface area (Å²) < 4.78 is 2.11. The lowest BCUT2D eigenvalue weighted by Crippen LogP contribution is -2.16. The molecule has 0 spiro atoms. The Labute approximate surface area is 77.4 Å². The van der Waals surface area contributed by atoms with Gasteiger partial charge in [0.05, 0.1) is 24.7 Å². The smallest absolute Gasteiger partial charge is 0.0952 e. The molecular weight excluding hydrogens is 166 g/mol. The van der Waals surface area contributed by atoms with Crippen molar-refractivity contribution in [3.8, 4) is 0 Å². The molecule has 1 aliphatic rings. The summed E-state index contributed by atoms with van der Waals surface area (Å²) in [4.78, 5) is 4.17. The second-order valence-corrected chi connectivity index (χ2v) is 3.62. The molecule has 0 radical (unpaired) electrons. The highest BCUT2D eigenvalue weighted by atomic mass is 16.3. The molecule has 1 atom stereocenters. The maximum absolute atomic E-state index is 8.83. The molecule has 0 aromatic carbocycles. The largest absolute Gasteiger partial charge is 0.394 e. The number of hydrogen-bond donors (Lipinski definition) is 2.